The molecule has 0 nitrogen and oxygen atoms in total. The molecule has 50 valence electrons. The van der Waals surface area contributed by atoms with Gasteiger partial charge in [-0.3, -0.25) is 0 Å². The molecule has 0 aromatic rings. The fraction of sp³-hybridized carbons (Fsp3) is 0.429. The molecule has 0 heterocycles. The second kappa shape index (κ2) is 3.16. The van der Waals surface area contributed by atoms with Gasteiger partial charge in [0.15, 0.2) is 0 Å². The Morgan fingerprint density at radius 3 is 2.89 bits per heavy atom. The summed E-state index contributed by atoms with van der Waals surface area (Å²) < 4.78 is 12.6. The van der Waals surface area contributed by atoms with Gasteiger partial charge in [-0.1, -0.05) is 28.1 Å². The van der Waals surface area contributed by atoms with E-state index in [1.807, 2.05) is 12.2 Å². The van der Waals surface area contributed by atoms with Crippen molar-refractivity contribution in [3.8, 4) is 0 Å². The summed E-state index contributed by atoms with van der Waals surface area (Å²) in [6.07, 6.45) is 5.27. The predicted octanol–water partition coefficient (Wildman–Crippen LogP) is 2.95. The van der Waals surface area contributed by atoms with E-state index in [0.717, 1.165) is 12.0 Å². The molecule has 1 rings (SSSR count). The number of hydrogen-bond donors (Lipinski definition) is 0. The van der Waals surface area contributed by atoms with E-state index >= 15 is 0 Å². The average Bonchev–Trinajstić information content (AvgIpc) is 1.89. The van der Waals surface area contributed by atoms with Crippen molar-refractivity contribution in [2.75, 3.05) is 5.33 Å². The zero-order chi connectivity index (χ0) is 6.69. The Morgan fingerprint density at radius 1 is 1.67 bits per heavy atom. The second-order valence-electron chi connectivity index (χ2n) is 2.00. The molecule has 0 saturated heterocycles. The van der Waals surface area contributed by atoms with Crippen LogP contribution in [0.4, 0.5) is 4.39 Å². The molecule has 1 aliphatic rings. The summed E-state index contributed by atoms with van der Waals surface area (Å²) in [6.45, 7) is 0. The van der Waals surface area contributed by atoms with Crippen LogP contribution in [-0.4, -0.2) is 5.33 Å². The van der Waals surface area contributed by atoms with Gasteiger partial charge in [0, 0.05) is 11.8 Å². The van der Waals surface area contributed by atoms with Gasteiger partial charge in [-0.2, -0.15) is 0 Å². The Labute approximate surface area is 62.6 Å². The Hall–Kier alpha value is -0.110. The summed E-state index contributed by atoms with van der Waals surface area (Å²) in [5.41, 5.74) is 0.793. The van der Waals surface area contributed by atoms with Gasteiger partial charge in [-0.15, -0.1) is 0 Å². The molecule has 0 saturated carbocycles. The van der Waals surface area contributed by atoms with Crippen molar-refractivity contribution in [3.05, 3.63) is 23.6 Å². The van der Waals surface area contributed by atoms with Crippen molar-refractivity contribution in [3.63, 3.8) is 0 Å². The highest BCUT2D eigenvalue weighted by atomic mass is 79.9. The molecule has 0 N–H and O–H groups in total. The Kier molecular flexibility index (Phi) is 2.46. The molecular weight excluding hydrogens is 183 g/mol. The second-order valence-corrected chi connectivity index (χ2v) is 2.57. The molecular formula is C7H8BrF. The number of rotatable bonds is 1. The van der Waals surface area contributed by atoms with Gasteiger partial charge in [-0.05, 0) is 12.0 Å². The topological polar surface area (TPSA) is 0 Å². The Balaban J connectivity index is 2.72. The largest absolute Gasteiger partial charge is 0.211 e. The van der Waals surface area contributed by atoms with Crippen LogP contribution in [0.5, 0.6) is 0 Å². The van der Waals surface area contributed by atoms with Crippen molar-refractivity contribution in [1.82, 2.24) is 0 Å². The summed E-state index contributed by atoms with van der Waals surface area (Å²) in [7, 11) is 0. The van der Waals surface area contributed by atoms with Crippen LogP contribution in [0.3, 0.4) is 0 Å². The minimum atomic E-state index is 0.0365. The highest BCUT2D eigenvalue weighted by Crippen LogP contribution is 2.20. The molecule has 0 radical (unpaired) electrons. The first kappa shape index (κ1) is 7.00. The standard InChI is InChI=1S/C7H8BrF/c8-5-6-3-1-2-4-7(6)9/h1,3H,2,4-5H2. The van der Waals surface area contributed by atoms with Crippen LogP contribution >= 0.6 is 15.9 Å². The first-order valence-electron chi connectivity index (χ1n) is 2.94. The fourth-order valence-electron chi connectivity index (χ4n) is 0.804. The molecule has 0 amide bonds. The van der Waals surface area contributed by atoms with Crippen LogP contribution in [0.25, 0.3) is 0 Å². The number of alkyl halides is 1. The molecule has 0 fully saturated rings. The fourth-order valence-corrected chi connectivity index (χ4v) is 1.29. The van der Waals surface area contributed by atoms with Crippen molar-refractivity contribution in [2.45, 2.75) is 12.8 Å². The van der Waals surface area contributed by atoms with E-state index in [1.54, 1.807) is 0 Å². The number of halogens is 2. The lowest BCUT2D eigenvalue weighted by Crippen LogP contribution is -1.90. The predicted molar refractivity (Wildman–Crippen MR) is 40.3 cm³/mol. The van der Waals surface area contributed by atoms with E-state index in [0.29, 0.717) is 11.8 Å². The van der Waals surface area contributed by atoms with E-state index in [9.17, 15) is 4.39 Å². The molecule has 0 aromatic heterocycles. The van der Waals surface area contributed by atoms with Crippen molar-refractivity contribution in [1.29, 1.82) is 0 Å². The summed E-state index contributed by atoms with van der Waals surface area (Å²) in [4.78, 5) is 0. The normalized spacial score (nSPS) is 18.9. The lowest BCUT2D eigenvalue weighted by molar-refractivity contribution is 0.579. The third-order valence-electron chi connectivity index (χ3n) is 1.34. The molecule has 0 aromatic carbocycles. The molecule has 0 bridgehead atoms. The van der Waals surface area contributed by atoms with Gasteiger partial charge >= 0.3 is 0 Å². The van der Waals surface area contributed by atoms with Gasteiger partial charge in [0.25, 0.3) is 0 Å². The lowest BCUT2D eigenvalue weighted by atomic mass is 10.1. The average molecular weight is 191 g/mol. The van der Waals surface area contributed by atoms with Crippen molar-refractivity contribution in [2.24, 2.45) is 0 Å². The highest BCUT2D eigenvalue weighted by Gasteiger charge is 2.04. The summed E-state index contributed by atoms with van der Waals surface area (Å²) in [6, 6.07) is 0. The minimum absolute atomic E-state index is 0.0365. The van der Waals surface area contributed by atoms with E-state index in [-0.39, 0.29) is 5.83 Å². The van der Waals surface area contributed by atoms with Crippen LogP contribution in [0.1, 0.15) is 12.8 Å². The third kappa shape index (κ3) is 1.65. The van der Waals surface area contributed by atoms with Crippen LogP contribution in [-0.2, 0) is 0 Å². The monoisotopic (exact) mass is 190 g/mol. The Bertz CT molecular complexity index is 158. The van der Waals surface area contributed by atoms with Gasteiger partial charge in [-0.25, -0.2) is 4.39 Å². The van der Waals surface area contributed by atoms with Crippen LogP contribution in [0.2, 0.25) is 0 Å². The smallest absolute Gasteiger partial charge is 0.104 e. The maximum atomic E-state index is 12.6. The molecule has 0 aliphatic heterocycles. The highest BCUT2D eigenvalue weighted by molar-refractivity contribution is 9.09. The van der Waals surface area contributed by atoms with Gasteiger partial charge < -0.3 is 0 Å². The first-order chi connectivity index (χ1) is 4.34. The van der Waals surface area contributed by atoms with Gasteiger partial charge in [0.05, 0.1) is 0 Å². The number of hydrogen-bond acceptors (Lipinski definition) is 0. The third-order valence-corrected chi connectivity index (χ3v) is 1.95. The minimum Gasteiger partial charge on any atom is -0.211 e. The maximum absolute atomic E-state index is 12.6. The van der Waals surface area contributed by atoms with E-state index in [4.69, 9.17) is 0 Å². The van der Waals surface area contributed by atoms with E-state index in [2.05, 4.69) is 15.9 Å². The molecule has 0 spiro atoms. The summed E-state index contributed by atoms with van der Waals surface area (Å²) in [5.74, 6) is 0.0365. The van der Waals surface area contributed by atoms with E-state index in [1.165, 1.54) is 0 Å². The molecule has 2 heteroatoms. The molecule has 9 heavy (non-hydrogen) atoms. The molecule has 0 atom stereocenters. The van der Waals surface area contributed by atoms with Crippen LogP contribution in [0, 0.1) is 0 Å². The van der Waals surface area contributed by atoms with Crippen LogP contribution < -0.4 is 0 Å². The van der Waals surface area contributed by atoms with Gasteiger partial charge in [0.2, 0.25) is 0 Å². The number of allylic oxidation sites excluding steroid dienone is 4. The van der Waals surface area contributed by atoms with Crippen LogP contribution in [0.15, 0.2) is 23.6 Å². The quantitative estimate of drug-likeness (QED) is 0.559. The van der Waals surface area contributed by atoms with Gasteiger partial charge in [0.1, 0.15) is 5.83 Å². The molecule has 0 unspecified atom stereocenters. The lowest BCUT2D eigenvalue weighted by Gasteiger charge is -2.04. The van der Waals surface area contributed by atoms with Crippen molar-refractivity contribution < 1.29 is 4.39 Å². The summed E-state index contributed by atoms with van der Waals surface area (Å²) >= 11 is 3.20. The van der Waals surface area contributed by atoms with E-state index < -0.39 is 0 Å². The first-order valence-corrected chi connectivity index (χ1v) is 4.07. The maximum Gasteiger partial charge on any atom is 0.104 e. The van der Waals surface area contributed by atoms with Crippen molar-refractivity contribution >= 4 is 15.9 Å². The zero-order valence-electron chi connectivity index (χ0n) is 5.03. The Morgan fingerprint density at radius 2 is 2.44 bits per heavy atom. The zero-order valence-corrected chi connectivity index (χ0v) is 6.62. The molecule has 1 aliphatic carbocycles. The SMILES string of the molecule is FC1=C(CBr)C=CCC1. The summed E-state index contributed by atoms with van der Waals surface area (Å²) in [5, 5.41) is 0.634.